The number of anilines is 1. The van der Waals surface area contributed by atoms with Gasteiger partial charge in [-0.15, -0.1) is 0 Å². The van der Waals surface area contributed by atoms with Gasteiger partial charge < -0.3 is 20.6 Å². The minimum Gasteiger partial charge on any atom is -0.394 e. The number of benzene rings is 2. The summed E-state index contributed by atoms with van der Waals surface area (Å²) in [4.78, 5) is 36.6. The number of hydrogen-bond donors (Lipinski definition) is 3. The maximum absolute atomic E-state index is 13.2. The highest BCUT2D eigenvalue weighted by atomic mass is 35.5. The third-order valence-electron chi connectivity index (χ3n) is 6.91. The van der Waals surface area contributed by atoms with Crippen LogP contribution in [0.4, 0.5) is 5.95 Å². The Bertz CT molecular complexity index is 1330. The molecule has 1 aromatic heterocycles. The number of nitrogens with zero attached hydrogens (tertiary/aromatic N) is 3. The highest BCUT2D eigenvalue weighted by Crippen LogP contribution is 2.31. The molecule has 39 heavy (non-hydrogen) atoms. The molecule has 9 heteroatoms. The Hall–Kier alpha value is -3.49. The minimum atomic E-state index is -0.541. The van der Waals surface area contributed by atoms with Crippen molar-refractivity contribution in [3.63, 3.8) is 0 Å². The molecule has 3 N–H and O–H groups in total. The molecular weight excluding hydrogens is 514 g/mol. The van der Waals surface area contributed by atoms with E-state index in [1.54, 1.807) is 12.3 Å². The van der Waals surface area contributed by atoms with Gasteiger partial charge in [-0.05, 0) is 37.0 Å². The van der Waals surface area contributed by atoms with Gasteiger partial charge in [0.2, 0.25) is 11.9 Å². The van der Waals surface area contributed by atoms with Crippen LogP contribution in [0.25, 0.3) is 11.3 Å². The Kier molecular flexibility index (Phi) is 9.54. The number of aliphatic hydroxyl groups is 1. The van der Waals surface area contributed by atoms with E-state index in [1.165, 1.54) is 4.90 Å². The van der Waals surface area contributed by atoms with Crippen molar-refractivity contribution in [3.05, 3.63) is 75.9 Å². The maximum atomic E-state index is 13.2. The molecule has 1 aliphatic rings. The largest absolute Gasteiger partial charge is 0.394 e. The predicted octanol–water partition coefficient (Wildman–Crippen LogP) is 5.29. The van der Waals surface area contributed by atoms with Gasteiger partial charge in [-0.1, -0.05) is 80.3 Å². The van der Waals surface area contributed by atoms with E-state index in [9.17, 15) is 14.7 Å². The van der Waals surface area contributed by atoms with Crippen LogP contribution in [0.15, 0.2) is 48.7 Å². The van der Waals surface area contributed by atoms with E-state index in [1.807, 2.05) is 43.3 Å². The molecule has 0 aliphatic carbocycles. The molecule has 0 radical (unpaired) electrons. The van der Waals surface area contributed by atoms with E-state index in [0.717, 1.165) is 42.4 Å². The van der Waals surface area contributed by atoms with Crippen molar-refractivity contribution in [2.24, 2.45) is 0 Å². The second-order valence-electron chi connectivity index (χ2n) is 10.1. The quantitative estimate of drug-likeness (QED) is 0.283. The Morgan fingerprint density at radius 3 is 2.62 bits per heavy atom. The SMILES string of the molecule is CCCC(CCC)Nc1ncc(Cl)c(-c2ccc3c(c2)C(=O)N(CC(=O)N[C@H](CO)c2cccc(C)c2)C3)n1. The van der Waals surface area contributed by atoms with Gasteiger partial charge in [-0.25, -0.2) is 9.97 Å². The molecular formula is C30H36ClN5O3. The van der Waals surface area contributed by atoms with E-state index in [2.05, 4.69) is 34.4 Å². The summed E-state index contributed by atoms with van der Waals surface area (Å²) in [7, 11) is 0. The van der Waals surface area contributed by atoms with Crippen LogP contribution in [0.5, 0.6) is 0 Å². The summed E-state index contributed by atoms with van der Waals surface area (Å²) in [6.07, 6.45) is 5.75. The average Bonchev–Trinajstić information content (AvgIpc) is 3.22. The van der Waals surface area contributed by atoms with Crippen molar-refractivity contribution < 1.29 is 14.7 Å². The van der Waals surface area contributed by atoms with Gasteiger partial charge in [0.25, 0.3) is 5.91 Å². The number of carbonyl (C=O) groups excluding carboxylic acids is 2. The molecule has 2 aromatic carbocycles. The normalized spacial score (nSPS) is 13.5. The summed E-state index contributed by atoms with van der Waals surface area (Å²) in [5.41, 5.74) is 4.48. The fourth-order valence-electron chi connectivity index (χ4n) is 4.98. The zero-order chi connectivity index (χ0) is 27.9. The number of nitrogens with one attached hydrogen (secondary N) is 2. The lowest BCUT2D eigenvalue weighted by Crippen LogP contribution is -2.40. The summed E-state index contributed by atoms with van der Waals surface area (Å²) in [5.74, 6) is -0.0498. The van der Waals surface area contributed by atoms with Crippen molar-refractivity contribution in [2.75, 3.05) is 18.5 Å². The number of rotatable bonds is 12. The third kappa shape index (κ3) is 6.94. The van der Waals surface area contributed by atoms with E-state index in [0.29, 0.717) is 34.3 Å². The number of aliphatic hydroxyl groups excluding tert-OH is 1. The van der Waals surface area contributed by atoms with Gasteiger partial charge in [0.15, 0.2) is 0 Å². The first-order valence-corrected chi connectivity index (χ1v) is 13.9. The average molecular weight is 550 g/mol. The second-order valence-corrected chi connectivity index (χ2v) is 10.5. The van der Waals surface area contributed by atoms with E-state index < -0.39 is 6.04 Å². The standard InChI is InChI=1S/C30H36ClN5O3/c1-4-7-23(8-5-2)33-30-32-15-25(31)28(35-30)21-11-12-22-16-36(29(39)24(22)14-21)17-27(38)34-26(18-37)20-10-6-9-19(3)13-20/h6,9-15,23,26,37H,4-5,7-8,16-18H2,1-3H3,(H,34,38)(H,32,33,35)/t26-/m1/s1. The van der Waals surface area contributed by atoms with Crippen molar-refractivity contribution in [1.29, 1.82) is 0 Å². The molecule has 1 aliphatic heterocycles. The topological polar surface area (TPSA) is 107 Å². The Labute approximate surface area is 234 Å². The molecule has 0 saturated heterocycles. The monoisotopic (exact) mass is 549 g/mol. The molecule has 1 atom stereocenters. The fourth-order valence-corrected chi connectivity index (χ4v) is 5.18. The fraction of sp³-hybridized carbons (Fsp3) is 0.400. The molecule has 0 saturated carbocycles. The zero-order valence-electron chi connectivity index (χ0n) is 22.7. The van der Waals surface area contributed by atoms with Gasteiger partial charge >= 0.3 is 0 Å². The summed E-state index contributed by atoms with van der Waals surface area (Å²) >= 11 is 6.48. The summed E-state index contributed by atoms with van der Waals surface area (Å²) < 4.78 is 0. The van der Waals surface area contributed by atoms with Crippen LogP contribution in [0.2, 0.25) is 5.02 Å². The Morgan fingerprint density at radius 2 is 1.92 bits per heavy atom. The number of amides is 2. The van der Waals surface area contributed by atoms with Crippen LogP contribution in [-0.2, 0) is 11.3 Å². The van der Waals surface area contributed by atoms with Gasteiger partial charge in [0.05, 0.1) is 29.6 Å². The highest BCUT2D eigenvalue weighted by Gasteiger charge is 2.30. The first kappa shape index (κ1) is 28.5. The zero-order valence-corrected chi connectivity index (χ0v) is 23.5. The number of halogens is 1. The van der Waals surface area contributed by atoms with Gasteiger partial charge in [-0.3, -0.25) is 9.59 Å². The van der Waals surface area contributed by atoms with E-state index in [4.69, 9.17) is 11.6 Å². The molecule has 206 valence electrons. The maximum Gasteiger partial charge on any atom is 0.254 e. The van der Waals surface area contributed by atoms with Crippen LogP contribution < -0.4 is 10.6 Å². The predicted molar refractivity (Wildman–Crippen MR) is 154 cm³/mol. The van der Waals surface area contributed by atoms with Gasteiger partial charge in [0, 0.05) is 23.7 Å². The van der Waals surface area contributed by atoms with Crippen LogP contribution >= 0.6 is 11.6 Å². The van der Waals surface area contributed by atoms with Crippen molar-refractivity contribution in [3.8, 4) is 11.3 Å². The van der Waals surface area contributed by atoms with Crippen LogP contribution in [0.3, 0.4) is 0 Å². The van der Waals surface area contributed by atoms with Crippen LogP contribution in [-0.4, -0.2) is 51.0 Å². The van der Waals surface area contributed by atoms with Crippen LogP contribution in [0.1, 0.15) is 72.6 Å². The lowest BCUT2D eigenvalue weighted by atomic mass is 10.0. The van der Waals surface area contributed by atoms with Crippen LogP contribution in [0, 0.1) is 6.92 Å². The molecule has 2 heterocycles. The molecule has 3 aromatic rings. The first-order chi connectivity index (χ1) is 18.8. The van der Waals surface area contributed by atoms with E-state index >= 15 is 0 Å². The highest BCUT2D eigenvalue weighted by molar-refractivity contribution is 6.33. The second kappa shape index (κ2) is 13.0. The number of fused-ring (bicyclic) bond motifs is 1. The molecule has 4 rings (SSSR count). The number of aryl methyl sites for hydroxylation is 1. The Balaban J connectivity index is 1.47. The lowest BCUT2D eigenvalue weighted by Gasteiger charge is -2.20. The molecule has 0 bridgehead atoms. The first-order valence-electron chi connectivity index (χ1n) is 13.5. The Morgan fingerprint density at radius 1 is 1.15 bits per heavy atom. The van der Waals surface area contributed by atoms with E-state index in [-0.39, 0.29) is 31.0 Å². The van der Waals surface area contributed by atoms with Crippen molar-refractivity contribution in [1.82, 2.24) is 20.2 Å². The molecule has 8 nitrogen and oxygen atoms in total. The molecule has 0 fully saturated rings. The number of aromatic nitrogens is 2. The summed E-state index contributed by atoms with van der Waals surface area (Å²) in [6.45, 7) is 6.25. The van der Waals surface area contributed by atoms with Gasteiger partial charge in [-0.2, -0.15) is 0 Å². The van der Waals surface area contributed by atoms with Crippen molar-refractivity contribution in [2.45, 2.75) is 65.1 Å². The van der Waals surface area contributed by atoms with Crippen molar-refractivity contribution >= 4 is 29.4 Å². The molecule has 0 unspecified atom stereocenters. The minimum absolute atomic E-state index is 0.107. The summed E-state index contributed by atoms with van der Waals surface area (Å²) in [5, 5.41) is 16.5. The number of carbonyl (C=O) groups is 2. The lowest BCUT2D eigenvalue weighted by molar-refractivity contribution is -0.122. The summed E-state index contributed by atoms with van der Waals surface area (Å²) in [6, 6.07) is 12.9. The molecule has 0 spiro atoms. The number of hydrogen-bond acceptors (Lipinski definition) is 6. The molecule has 2 amide bonds. The van der Waals surface area contributed by atoms with Gasteiger partial charge in [0.1, 0.15) is 6.54 Å². The smallest absolute Gasteiger partial charge is 0.254 e. The third-order valence-corrected chi connectivity index (χ3v) is 7.19.